The minimum atomic E-state index is 0.573. The van der Waals surface area contributed by atoms with E-state index in [1.165, 1.54) is 48.9 Å². The second-order valence-corrected chi connectivity index (χ2v) is 9.56. The fourth-order valence-corrected chi connectivity index (χ4v) is 5.19. The van der Waals surface area contributed by atoms with Gasteiger partial charge in [-0.25, -0.2) is 4.68 Å². The van der Waals surface area contributed by atoms with E-state index in [0.29, 0.717) is 6.04 Å². The average molecular weight is 427 g/mol. The Morgan fingerprint density at radius 1 is 0.933 bits per heavy atom. The van der Waals surface area contributed by atoms with E-state index in [1.54, 1.807) is 0 Å². The number of benzene rings is 1. The van der Waals surface area contributed by atoms with Crippen LogP contribution >= 0.6 is 12.2 Å². The van der Waals surface area contributed by atoms with E-state index in [-0.39, 0.29) is 0 Å². The van der Waals surface area contributed by atoms with Gasteiger partial charge in [0.25, 0.3) is 0 Å². The van der Waals surface area contributed by atoms with E-state index in [1.807, 2.05) is 0 Å². The second kappa shape index (κ2) is 8.35. The average Bonchev–Trinajstić information content (AvgIpc) is 3.56. The Morgan fingerprint density at radius 2 is 1.67 bits per heavy atom. The first-order valence-electron chi connectivity index (χ1n) is 11.6. The summed E-state index contributed by atoms with van der Waals surface area (Å²) in [5, 5.41) is 5.04. The zero-order valence-electron chi connectivity index (χ0n) is 18.4. The molecule has 2 saturated heterocycles. The standard InChI is InChI=1S/C23H34N6S/c1-18-7-6-8-21(19(18)2)26-15-13-25(14-16-26)17-28-23(30)29(20-9-10-20)22(24-28)27-11-4-3-5-12-27/h6-8,20H,3-5,9-17H2,1-2H3. The number of piperazine rings is 1. The number of anilines is 2. The lowest BCUT2D eigenvalue weighted by Gasteiger charge is -2.36. The molecule has 0 unspecified atom stereocenters. The number of nitrogens with zero attached hydrogens (tertiary/aromatic N) is 6. The van der Waals surface area contributed by atoms with E-state index >= 15 is 0 Å². The summed E-state index contributed by atoms with van der Waals surface area (Å²) in [4.78, 5) is 7.49. The number of piperidine rings is 1. The summed E-state index contributed by atoms with van der Waals surface area (Å²) in [6.45, 7) is 11.7. The van der Waals surface area contributed by atoms with Crippen molar-refractivity contribution in [1.82, 2.24) is 19.2 Å². The quantitative estimate of drug-likeness (QED) is 0.671. The molecule has 0 N–H and O–H groups in total. The molecule has 162 valence electrons. The maximum atomic E-state index is 5.90. The smallest absolute Gasteiger partial charge is 0.226 e. The molecule has 2 aromatic rings. The summed E-state index contributed by atoms with van der Waals surface area (Å²) >= 11 is 5.90. The molecule has 0 amide bonds. The Morgan fingerprint density at radius 3 is 2.37 bits per heavy atom. The summed E-state index contributed by atoms with van der Waals surface area (Å²) in [5.74, 6) is 1.12. The lowest BCUT2D eigenvalue weighted by atomic mass is 10.1. The van der Waals surface area contributed by atoms with Crippen LogP contribution < -0.4 is 9.80 Å². The summed E-state index contributed by atoms with van der Waals surface area (Å²) in [5.41, 5.74) is 4.16. The van der Waals surface area contributed by atoms with Gasteiger partial charge in [0.05, 0.1) is 6.67 Å². The van der Waals surface area contributed by atoms with Crippen molar-refractivity contribution in [3.8, 4) is 0 Å². The van der Waals surface area contributed by atoms with Gasteiger partial charge in [0.1, 0.15) is 0 Å². The van der Waals surface area contributed by atoms with Gasteiger partial charge >= 0.3 is 0 Å². The van der Waals surface area contributed by atoms with Crippen molar-refractivity contribution in [3.05, 3.63) is 34.1 Å². The highest BCUT2D eigenvalue weighted by atomic mass is 32.1. The van der Waals surface area contributed by atoms with E-state index in [0.717, 1.165) is 56.7 Å². The summed E-state index contributed by atoms with van der Waals surface area (Å²) in [6, 6.07) is 7.21. The van der Waals surface area contributed by atoms with Crippen LogP contribution in [0.5, 0.6) is 0 Å². The fraction of sp³-hybridized carbons (Fsp3) is 0.652. The Balaban J connectivity index is 1.29. The molecule has 2 aliphatic heterocycles. The van der Waals surface area contributed by atoms with E-state index in [9.17, 15) is 0 Å². The molecule has 3 aliphatic rings. The zero-order chi connectivity index (χ0) is 20.7. The van der Waals surface area contributed by atoms with Crippen LogP contribution in [0.4, 0.5) is 11.6 Å². The molecule has 3 fully saturated rings. The van der Waals surface area contributed by atoms with Crippen molar-refractivity contribution < 1.29 is 0 Å². The second-order valence-electron chi connectivity index (χ2n) is 9.20. The zero-order valence-corrected chi connectivity index (χ0v) is 19.2. The Hall–Kier alpha value is -1.86. The minimum Gasteiger partial charge on any atom is -0.369 e. The molecule has 7 heteroatoms. The van der Waals surface area contributed by atoms with Gasteiger partial charge in [-0.2, -0.15) is 0 Å². The van der Waals surface area contributed by atoms with Gasteiger partial charge in [0.2, 0.25) is 10.7 Å². The molecule has 30 heavy (non-hydrogen) atoms. The maximum absolute atomic E-state index is 5.90. The number of aromatic nitrogens is 3. The molecule has 1 aromatic carbocycles. The van der Waals surface area contributed by atoms with Gasteiger partial charge in [0.15, 0.2) is 0 Å². The van der Waals surface area contributed by atoms with E-state index < -0.39 is 0 Å². The molecule has 0 atom stereocenters. The maximum Gasteiger partial charge on any atom is 0.226 e. The highest BCUT2D eigenvalue weighted by Gasteiger charge is 2.31. The normalized spacial score (nSPS) is 20.7. The molecule has 0 bridgehead atoms. The van der Waals surface area contributed by atoms with Crippen molar-refractivity contribution in [1.29, 1.82) is 0 Å². The molecule has 1 saturated carbocycles. The van der Waals surface area contributed by atoms with Crippen LogP contribution in [-0.4, -0.2) is 58.5 Å². The molecule has 6 nitrogen and oxygen atoms in total. The van der Waals surface area contributed by atoms with Gasteiger partial charge in [-0.3, -0.25) is 9.47 Å². The Labute approximate surface area is 185 Å². The van der Waals surface area contributed by atoms with E-state index in [4.69, 9.17) is 17.3 Å². The first-order valence-corrected chi connectivity index (χ1v) is 12.0. The third-order valence-corrected chi connectivity index (χ3v) is 7.43. The summed E-state index contributed by atoms with van der Waals surface area (Å²) in [6.07, 6.45) is 6.37. The minimum absolute atomic E-state index is 0.573. The monoisotopic (exact) mass is 426 g/mol. The molecule has 1 aliphatic carbocycles. The molecule has 1 aromatic heterocycles. The molecule has 5 rings (SSSR count). The van der Waals surface area contributed by atoms with Crippen LogP contribution in [0.25, 0.3) is 0 Å². The molecular weight excluding hydrogens is 392 g/mol. The van der Waals surface area contributed by atoms with Gasteiger partial charge in [0, 0.05) is 51.0 Å². The number of aryl methyl sites for hydroxylation is 1. The summed E-state index contributed by atoms with van der Waals surface area (Å²) < 4.78 is 5.35. The van der Waals surface area contributed by atoms with Crippen molar-refractivity contribution in [3.63, 3.8) is 0 Å². The Kier molecular flexibility index (Phi) is 5.58. The molecule has 0 radical (unpaired) electrons. The van der Waals surface area contributed by atoms with Crippen LogP contribution in [-0.2, 0) is 6.67 Å². The van der Waals surface area contributed by atoms with Crippen LogP contribution in [0.2, 0.25) is 0 Å². The predicted molar refractivity (Wildman–Crippen MR) is 125 cm³/mol. The first kappa shape index (κ1) is 20.1. The summed E-state index contributed by atoms with van der Waals surface area (Å²) in [7, 11) is 0. The van der Waals surface area contributed by atoms with Crippen LogP contribution in [0.1, 0.15) is 49.3 Å². The topological polar surface area (TPSA) is 32.5 Å². The molecular formula is C23H34N6S. The lowest BCUT2D eigenvalue weighted by molar-refractivity contribution is 0.194. The van der Waals surface area contributed by atoms with Crippen molar-refractivity contribution in [2.75, 3.05) is 49.1 Å². The van der Waals surface area contributed by atoms with Crippen LogP contribution in [0, 0.1) is 18.6 Å². The third-order valence-electron chi connectivity index (χ3n) is 7.03. The van der Waals surface area contributed by atoms with Gasteiger partial charge in [-0.15, -0.1) is 5.10 Å². The van der Waals surface area contributed by atoms with Crippen molar-refractivity contribution in [2.24, 2.45) is 0 Å². The van der Waals surface area contributed by atoms with Gasteiger partial charge < -0.3 is 9.80 Å². The first-order chi connectivity index (χ1) is 14.6. The van der Waals surface area contributed by atoms with Gasteiger partial charge in [-0.05, 0) is 75.4 Å². The lowest BCUT2D eigenvalue weighted by Crippen LogP contribution is -2.47. The van der Waals surface area contributed by atoms with Crippen LogP contribution in [0.15, 0.2) is 18.2 Å². The van der Waals surface area contributed by atoms with Crippen molar-refractivity contribution >= 4 is 23.9 Å². The highest BCUT2D eigenvalue weighted by Crippen LogP contribution is 2.38. The van der Waals surface area contributed by atoms with Crippen LogP contribution in [0.3, 0.4) is 0 Å². The largest absolute Gasteiger partial charge is 0.369 e. The highest BCUT2D eigenvalue weighted by molar-refractivity contribution is 7.71. The van der Waals surface area contributed by atoms with Gasteiger partial charge in [-0.1, -0.05) is 12.1 Å². The number of hydrogen-bond donors (Lipinski definition) is 0. The Bertz CT molecular complexity index is 945. The van der Waals surface area contributed by atoms with Crippen molar-refractivity contribution in [2.45, 2.75) is 58.7 Å². The fourth-order valence-electron chi connectivity index (χ4n) is 4.86. The number of hydrogen-bond acceptors (Lipinski definition) is 5. The third kappa shape index (κ3) is 3.89. The molecule has 3 heterocycles. The predicted octanol–water partition coefficient (Wildman–Crippen LogP) is 4.14. The van der Waals surface area contributed by atoms with E-state index in [2.05, 4.69) is 56.0 Å². The molecule has 0 spiro atoms. The number of rotatable bonds is 5. The SMILES string of the molecule is Cc1cccc(N2CCN(Cn3nc(N4CCCCC4)n(C4CC4)c3=S)CC2)c1C.